The molecule has 0 N–H and O–H groups in total. The molecule has 0 spiro atoms. The molecule has 0 aromatic heterocycles. The van der Waals surface area contributed by atoms with Gasteiger partial charge in [-0.1, -0.05) is 15.9 Å². The minimum absolute atomic E-state index is 0.638. The zero-order valence-corrected chi connectivity index (χ0v) is 7.05. The molecule has 0 heterocycles. The van der Waals surface area contributed by atoms with E-state index in [1.54, 1.807) is 0 Å². The Hall–Kier alpha value is 0.720. The Kier molecular flexibility index (Phi) is 1.37. The van der Waals surface area contributed by atoms with Crippen LogP contribution in [0.4, 0.5) is 0 Å². The molecule has 48 valence electrons. The van der Waals surface area contributed by atoms with Gasteiger partial charge in [0.05, 0.1) is 0 Å². The normalized spacial score (nSPS) is 25.2. The summed E-state index contributed by atoms with van der Waals surface area (Å²) in [6, 6.07) is 0. The van der Waals surface area contributed by atoms with Crippen LogP contribution in [0.1, 0.15) is 12.8 Å². The van der Waals surface area contributed by atoms with Gasteiger partial charge in [0, 0.05) is 10.7 Å². The lowest BCUT2D eigenvalue weighted by molar-refractivity contribution is 0.606. The first-order valence-electron chi connectivity index (χ1n) is 2.09. The Morgan fingerprint density at radius 3 is 1.88 bits per heavy atom. The van der Waals surface area contributed by atoms with Gasteiger partial charge in [0.15, 0.2) is 0 Å². The predicted octanol–water partition coefficient (Wildman–Crippen LogP) is 1.44. The molecule has 8 heavy (non-hydrogen) atoms. The van der Waals surface area contributed by atoms with E-state index in [1.165, 1.54) is 0 Å². The molecular weight excluding hydrogens is 215 g/mol. The molecule has 1 aliphatic carbocycles. The summed E-state index contributed by atoms with van der Waals surface area (Å²) in [5, 5.41) is 0. The van der Waals surface area contributed by atoms with Gasteiger partial charge >= 0.3 is 0 Å². The highest BCUT2D eigenvalue weighted by molar-refractivity contribution is 9.12. The number of halogens is 2. The molecule has 1 fully saturated rings. The molecule has 1 saturated carbocycles. The first-order chi connectivity index (χ1) is 3.46. The Balaban J connectivity index is 2.90. The predicted molar refractivity (Wildman–Crippen MR) is 35.7 cm³/mol. The minimum Gasteiger partial charge on any atom is -0.211 e. The number of hydrogen-bond donors (Lipinski definition) is 0. The molecular formula is C3H4BrClO2S. The van der Waals surface area contributed by atoms with E-state index >= 15 is 0 Å². The Bertz CT molecular complexity index is 193. The SMILES string of the molecule is O=S(=O)(Cl)C1(Br)CC1. The van der Waals surface area contributed by atoms with Crippen LogP contribution in [0.5, 0.6) is 0 Å². The van der Waals surface area contributed by atoms with Crippen LogP contribution < -0.4 is 0 Å². The highest BCUT2D eigenvalue weighted by atomic mass is 79.9. The molecule has 2 nitrogen and oxygen atoms in total. The molecule has 0 atom stereocenters. The first-order valence-corrected chi connectivity index (χ1v) is 5.19. The van der Waals surface area contributed by atoms with Gasteiger partial charge in [-0.3, -0.25) is 0 Å². The van der Waals surface area contributed by atoms with Crippen molar-refractivity contribution in [2.75, 3.05) is 0 Å². The first kappa shape index (κ1) is 6.83. The van der Waals surface area contributed by atoms with E-state index in [0.717, 1.165) is 0 Å². The summed E-state index contributed by atoms with van der Waals surface area (Å²) in [4.78, 5) is 0. The van der Waals surface area contributed by atoms with E-state index < -0.39 is 12.7 Å². The molecule has 0 aromatic rings. The van der Waals surface area contributed by atoms with Gasteiger partial charge < -0.3 is 0 Å². The summed E-state index contributed by atoms with van der Waals surface area (Å²) >= 11 is 2.99. The van der Waals surface area contributed by atoms with E-state index in [-0.39, 0.29) is 0 Å². The summed E-state index contributed by atoms with van der Waals surface area (Å²) in [6.07, 6.45) is 1.28. The summed E-state index contributed by atoms with van der Waals surface area (Å²) in [6.45, 7) is 0. The smallest absolute Gasteiger partial charge is 0.211 e. The second-order valence-corrected chi connectivity index (χ2v) is 6.74. The molecule has 0 saturated heterocycles. The van der Waals surface area contributed by atoms with Crippen molar-refractivity contribution < 1.29 is 8.42 Å². The zero-order chi connectivity index (χ0) is 6.41. The van der Waals surface area contributed by atoms with E-state index in [1.807, 2.05) is 0 Å². The van der Waals surface area contributed by atoms with Crippen molar-refractivity contribution in [1.82, 2.24) is 0 Å². The monoisotopic (exact) mass is 218 g/mol. The molecule has 5 heteroatoms. The molecule has 0 bridgehead atoms. The summed E-state index contributed by atoms with van der Waals surface area (Å²) in [7, 11) is 1.66. The van der Waals surface area contributed by atoms with E-state index in [0.29, 0.717) is 12.8 Å². The lowest BCUT2D eigenvalue weighted by Crippen LogP contribution is -2.06. The molecule has 1 aliphatic rings. The fourth-order valence-corrected chi connectivity index (χ4v) is 1.59. The highest BCUT2D eigenvalue weighted by Crippen LogP contribution is 2.50. The Morgan fingerprint density at radius 1 is 1.50 bits per heavy atom. The van der Waals surface area contributed by atoms with Crippen molar-refractivity contribution >= 4 is 35.7 Å². The van der Waals surface area contributed by atoms with Crippen molar-refractivity contribution in [2.45, 2.75) is 16.5 Å². The van der Waals surface area contributed by atoms with Gasteiger partial charge in [0.25, 0.3) is 0 Å². The fraction of sp³-hybridized carbons (Fsp3) is 1.00. The Morgan fingerprint density at radius 2 is 1.88 bits per heavy atom. The van der Waals surface area contributed by atoms with Crippen LogP contribution in [0.2, 0.25) is 0 Å². The fourth-order valence-electron chi connectivity index (χ4n) is 0.342. The molecule has 0 aliphatic heterocycles. The molecule has 0 unspecified atom stereocenters. The molecule has 1 rings (SSSR count). The zero-order valence-electron chi connectivity index (χ0n) is 3.89. The van der Waals surface area contributed by atoms with Crippen molar-refractivity contribution in [3.8, 4) is 0 Å². The average Bonchev–Trinajstić information content (AvgIpc) is 2.16. The maximum atomic E-state index is 10.4. The summed E-state index contributed by atoms with van der Waals surface area (Å²) < 4.78 is 20.1. The largest absolute Gasteiger partial charge is 0.248 e. The lowest BCUT2D eigenvalue weighted by atomic mass is 11.0. The third-order valence-corrected chi connectivity index (χ3v) is 5.88. The maximum Gasteiger partial charge on any atom is 0.248 e. The van der Waals surface area contributed by atoms with Gasteiger partial charge in [-0.2, -0.15) is 0 Å². The summed E-state index contributed by atoms with van der Waals surface area (Å²) in [5.41, 5.74) is 0. The van der Waals surface area contributed by atoms with E-state index in [2.05, 4.69) is 15.9 Å². The molecule has 0 amide bonds. The number of rotatable bonds is 1. The Labute approximate surface area is 60.8 Å². The van der Waals surface area contributed by atoms with Crippen LogP contribution in [0.25, 0.3) is 0 Å². The van der Waals surface area contributed by atoms with Crippen LogP contribution in [-0.2, 0) is 9.05 Å². The van der Waals surface area contributed by atoms with Crippen molar-refractivity contribution in [2.24, 2.45) is 0 Å². The van der Waals surface area contributed by atoms with Gasteiger partial charge in [0.2, 0.25) is 9.05 Å². The van der Waals surface area contributed by atoms with Crippen LogP contribution >= 0.6 is 26.6 Å². The van der Waals surface area contributed by atoms with Crippen LogP contribution in [0.15, 0.2) is 0 Å². The second kappa shape index (κ2) is 1.61. The average molecular weight is 219 g/mol. The van der Waals surface area contributed by atoms with E-state index in [4.69, 9.17) is 10.7 Å². The van der Waals surface area contributed by atoms with Crippen LogP contribution in [-0.4, -0.2) is 12.1 Å². The van der Waals surface area contributed by atoms with Gasteiger partial charge in [-0.25, -0.2) is 8.42 Å². The standard InChI is InChI=1S/C3H4BrClO2S/c4-3(1-2-3)8(5,6)7/h1-2H2. The molecule has 0 aromatic carbocycles. The van der Waals surface area contributed by atoms with Crippen LogP contribution in [0, 0.1) is 0 Å². The highest BCUT2D eigenvalue weighted by Gasteiger charge is 2.51. The maximum absolute atomic E-state index is 10.4. The number of hydrogen-bond acceptors (Lipinski definition) is 2. The lowest BCUT2D eigenvalue weighted by Gasteiger charge is -1.96. The topological polar surface area (TPSA) is 34.1 Å². The van der Waals surface area contributed by atoms with Crippen molar-refractivity contribution in [1.29, 1.82) is 0 Å². The van der Waals surface area contributed by atoms with E-state index in [9.17, 15) is 8.42 Å². The quantitative estimate of drug-likeness (QED) is 0.494. The van der Waals surface area contributed by atoms with Gasteiger partial charge in [-0.05, 0) is 12.8 Å². The second-order valence-electron chi connectivity index (χ2n) is 1.82. The third kappa shape index (κ3) is 1.01. The van der Waals surface area contributed by atoms with Crippen LogP contribution in [0.3, 0.4) is 0 Å². The number of alkyl halides is 1. The van der Waals surface area contributed by atoms with Crippen molar-refractivity contribution in [3.05, 3.63) is 0 Å². The molecule has 0 radical (unpaired) electrons. The summed E-state index contributed by atoms with van der Waals surface area (Å²) in [5.74, 6) is 0. The third-order valence-electron chi connectivity index (χ3n) is 1.08. The van der Waals surface area contributed by atoms with Gasteiger partial charge in [0.1, 0.15) is 3.66 Å². The van der Waals surface area contributed by atoms with Crippen molar-refractivity contribution in [3.63, 3.8) is 0 Å². The van der Waals surface area contributed by atoms with Gasteiger partial charge in [-0.15, -0.1) is 0 Å². The minimum atomic E-state index is -3.34.